The Kier molecular flexibility index (Phi) is 14.5. The summed E-state index contributed by atoms with van der Waals surface area (Å²) in [5, 5.41) is 17.7. The summed E-state index contributed by atoms with van der Waals surface area (Å²) in [7, 11) is 0. The first kappa shape index (κ1) is 26.7. The van der Waals surface area contributed by atoms with Crippen LogP contribution in [-0.2, 0) is 14.2 Å². The van der Waals surface area contributed by atoms with E-state index < -0.39 is 0 Å². The third kappa shape index (κ3) is 11.7. The van der Waals surface area contributed by atoms with Crippen LogP contribution < -0.4 is 18.9 Å². The molecule has 0 radical (unpaired) electrons. The summed E-state index contributed by atoms with van der Waals surface area (Å²) in [6, 6.07) is 14.6. The van der Waals surface area contributed by atoms with E-state index in [1.807, 2.05) is 36.4 Å². The molecule has 2 N–H and O–H groups in total. The second-order valence-electron chi connectivity index (χ2n) is 6.57. The number of aliphatic hydroxyl groups excluding tert-OH is 2. The van der Waals surface area contributed by atoms with Crippen molar-refractivity contribution >= 4 is 0 Å². The van der Waals surface area contributed by atoms with Crippen molar-refractivity contribution in [2.45, 2.75) is 0 Å². The second-order valence-corrected chi connectivity index (χ2v) is 6.57. The molecule has 0 unspecified atom stereocenters. The first-order chi connectivity index (χ1) is 16.3. The Balaban J connectivity index is 1.41. The van der Waals surface area contributed by atoms with Crippen molar-refractivity contribution in [1.82, 2.24) is 0 Å². The third-order valence-electron chi connectivity index (χ3n) is 4.11. The van der Waals surface area contributed by atoms with Gasteiger partial charge in [0.1, 0.15) is 26.4 Å². The molecular formula is C24H34O9. The van der Waals surface area contributed by atoms with Crippen LogP contribution in [0.5, 0.6) is 23.0 Å². The van der Waals surface area contributed by atoms with Gasteiger partial charge in [-0.2, -0.15) is 0 Å². The van der Waals surface area contributed by atoms with E-state index >= 15 is 0 Å². The fourth-order valence-corrected chi connectivity index (χ4v) is 2.65. The molecule has 0 atom stereocenters. The lowest BCUT2D eigenvalue weighted by Gasteiger charge is -2.12. The van der Waals surface area contributed by atoms with Gasteiger partial charge in [0.25, 0.3) is 0 Å². The first-order valence-electron chi connectivity index (χ1n) is 11.0. The Hall–Kier alpha value is -2.56. The normalized spacial score (nSPS) is 10.7. The van der Waals surface area contributed by atoms with Crippen LogP contribution in [0.25, 0.3) is 0 Å². The number of hydrogen-bond donors (Lipinski definition) is 2. The molecule has 2 aromatic carbocycles. The standard InChI is InChI=1S/C24H34O9/c25-9-11-30-21-5-1-3-7-23(21)32-19-17-28-15-13-27-14-16-29-18-20-33-24-8-4-2-6-22(24)31-12-10-26/h1-8,25-26H,9-20H2. The van der Waals surface area contributed by atoms with Crippen LogP contribution in [0.2, 0.25) is 0 Å². The molecule has 0 heterocycles. The van der Waals surface area contributed by atoms with E-state index in [1.54, 1.807) is 12.1 Å². The van der Waals surface area contributed by atoms with E-state index in [0.29, 0.717) is 75.9 Å². The van der Waals surface area contributed by atoms with E-state index in [9.17, 15) is 0 Å². The zero-order valence-electron chi connectivity index (χ0n) is 18.9. The Labute approximate surface area is 194 Å². The van der Waals surface area contributed by atoms with Crippen LogP contribution in [0.15, 0.2) is 48.5 Å². The van der Waals surface area contributed by atoms with E-state index in [0.717, 1.165) is 0 Å². The molecule has 33 heavy (non-hydrogen) atoms. The summed E-state index contributed by atoms with van der Waals surface area (Å²) in [6.07, 6.45) is 0. The van der Waals surface area contributed by atoms with Gasteiger partial charge in [-0.3, -0.25) is 0 Å². The number of hydrogen-bond acceptors (Lipinski definition) is 9. The minimum Gasteiger partial charge on any atom is -0.487 e. The lowest BCUT2D eigenvalue weighted by atomic mass is 10.3. The van der Waals surface area contributed by atoms with Gasteiger partial charge in [0.15, 0.2) is 23.0 Å². The predicted molar refractivity (Wildman–Crippen MR) is 121 cm³/mol. The molecule has 9 heteroatoms. The van der Waals surface area contributed by atoms with Crippen LogP contribution in [0, 0.1) is 0 Å². The van der Waals surface area contributed by atoms with Crippen molar-refractivity contribution in [1.29, 1.82) is 0 Å². The Bertz CT molecular complexity index is 680. The maximum atomic E-state index is 8.86. The molecule has 0 aromatic heterocycles. The number of rotatable bonds is 20. The largest absolute Gasteiger partial charge is 0.487 e. The fourth-order valence-electron chi connectivity index (χ4n) is 2.65. The molecule has 0 amide bonds. The molecule has 0 spiro atoms. The van der Waals surface area contributed by atoms with Crippen molar-refractivity contribution in [2.75, 3.05) is 79.3 Å². The summed E-state index contributed by atoms with van der Waals surface area (Å²) in [5.41, 5.74) is 0. The second kappa shape index (κ2) is 17.9. The topological polar surface area (TPSA) is 105 Å². The summed E-state index contributed by atoms with van der Waals surface area (Å²) in [4.78, 5) is 0. The lowest BCUT2D eigenvalue weighted by Crippen LogP contribution is -2.14. The fraction of sp³-hybridized carbons (Fsp3) is 0.500. The highest BCUT2D eigenvalue weighted by atomic mass is 16.6. The van der Waals surface area contributed by atoms with E-state index in [4.69, 9.17) is 43.4 Å². The van der Waals surface area contributed by atoms with Crippen LogP contribution in [0.4, 0.5) is 0 Å². The average Bonchev–Trinajstić information content (AvgIpc) is 2.85. The third-order valence-corrected chi connectivity index (χ3v) is 4.11. The number of ether oxygens (including phenoxy) is 7. The van der Waals surface area contributed by atoms with E-state index in [1.165, 1.54) is 0 Å². The van der Waals surface area contributed by atoms with Gasteiger partial charge in [0.05, 0.1) is 52.9 Å². The van der Waals surface area contributed by atoms with Crippen LogP contribution in [0.3, 0.4) is 0 Å². The summed E-state index contributed by atoms with van der Waals surface area (Å²) in [6.45, 7) is 3.81. The van der Waals surface area contributed by atoms with Crippen molar-refractivity contribution < 1.29 is 43.4 Å². The van der Waals surface area contributed by atoms with Crippen molar-refractivity contribution in [3.8, 4) is 23.0 Å². The monoisotopic (exact) mass is 466 g/mol. The van der Waals surface area contributed by atoms with Gasteiger partial charge >= 0.3 is 0 Å². The van der Waals surface area contributed by atoms with E-state index in [2.05, 4.69) is 0 Å². The maximum absolute atomic E-state index is 8.86. The molecule has 0 aliphatic rings. The minimum absolute atomic E-state index is 0.0493. The molecule has 184 valence electrons. The number of aliphatic hydroxyl groups is 2. The van der Waals surface area contributed by atoms with E-state index in [-0.39, 0.29) is 26.4 Å². The van der Waals surface area contributed by atoms with Crippen LogP contribution in [0.1, 0.15) is 0 Å². The Morgan fingerprint density at radius 1 is 0.394 bits per heavy atom. The first-order valence-corrected chi connectivity index (χ1v) is 11.0. The summed E-state index contributed by atoms with van der Waals surface area (Å²) < 4.78 is 38.6. The molecule has 0 bridgehead atoms. The molecule has 2 rings (SSSR count). The molecule has 0 aliphatic carbocycles. The Morgan fingerprint density at radius 3 is 0.970 bits per heavy atom. The molecule has 9 nitrogen and oxygen atoms in total. The van der Waals surface area contributed by atoms with Gasteiger partial charge in [-0.05, 0) is 24.3 Å². The molecule has 0 saturated carbocycles. The van der Waals surface area contributed by atoms with Gasteiger partial charge in [-0.1, -0.05) is 24.3 Å². The predicted octanol–water partition coefficient (Wildman–Crippen LogP) is 1.94. The molecular weight excluding hydrogens is 432 g/mol. The Morgan fingerprint density at radius 2 is 0.667 bits per heavy atom. The zero-order valence-corrected chi connectivity index (χ0v) is 18.9. The lowest BCUT2D eigenvalue weighted by molar-refractivity contribution is 0.00471. The van der Waals surface area contributed by atoms with Crippen LogP contribution in [-0.4, -0.2) is 89.5 Å². The van der Waals surface area contributed by atoms with Crippen molar-refractivity contribution in [3.05, 3.63) is 48.5 Å². The number of benzene rings is 2. The smallest absolute Gasteiger partial charge is 0.161 e. The van der Waals surface area contributed by atoms with Gasteiger partial charge in [0.2, 0.25) is 0 Å². The SMILES string of the molecule is OCCOc1ccccc1OCCOCCOCCOCCOc1ccccc1OCCO. The quantitative estimate of drug-likeness (QED) is 0.283. The van der Waals surface area contributed by atoms with Crippen molar-refractivity contribution in [3.63, 3.8) is 0 Å². The van der Waals surface area contributed by atoms with Gasteiger partial charge < -0.3 is 43.4 Å². The van der Waals surface area contributed by atoms with Gasteiger partial charge in [-0.25, -0.2) is 0 Å². The minimum atomic E-state index is -0.0493. The summed E-state index contributed by atoms with van der Waals surface area (Å²) in [5.74, 6) is 2.43. The zero-order chi connectivity index (χ0) is 23.4. The number of para-hydroxylation sites is 4. The van der Waals surface area contributed by atoms with Gasteiger partial charge in [0, 0.05) is 0 Å². The molecule has 2 aromatic rings. The molecule has 0 fully saturated rings. The summed E-state index contributed by atoms with van der Waals surface area (Å²) >= 11 is 0. The average molecular weight is 467 g/mol. The molecule has 0 saturated heterocycles. The highest BCUT2D eigenvalue weighted by Gasteiger charge is 2.05. The maximum Gasteiger partial charge on any atom is 0.161 e. The molecule has 0 aliphatic heterocycles. The highest BCUT2D eigenvalue weighted by Crippen LogP contribution is 2.26. The highest BCUT2D eigenvalue weighted by molar-refractivity contribution is 5.40. The van der Waals surface area contributed by atoms with Crippen molar-refractivity contribution in [2.24, 2.45) is 0 Å². The van der Waals surface area contributed by atoms with Gasteiger partial charge in [-0.15, -0.1) is 0 Å². The van der Waals surface area contributed by atoms with Crippen LogP contribution >= 0.6 is 0 Å².